The summed E-state index contributed by atoms with van der Waals surface area (Å²) in [6, 6.07) is 8.54. The van der Waals surface area contributed by atoms with E-state index in [9.17, 15) is 13.2 Å². The lowest BCUT2D eigenvalue weighted by Crippen LogP contribution is -2.49. The van der Waals surface area contributed by atoms with Gasteiger partial charge in [0.15, 0.2) is 0 Å². The van der Waals surface area contributed by atoms with E-state index in [2.05, 4.69) is 4.98 Å². The van der Waals surface area contributed by atoms with Crippen molar-refractivity contribution in [2.45, 2.75) is 23.3 Å². The first-order valence-corrected chi connectivity index (χ1v) is 14.4. The molecule has 4 fully saturated rings. The molecule has 1 aromatic heterocycles. The van der Waals surface area contributed by atoms with Gasteiger partial charge in [0.05, 0.1) is 18.1 Å². The largest absolute Gasteiger partial charge is 0.381 e. The Morgan fingerprint density at radius 1 is 1.05 bits per heavy atom. The van der Waals surface area contributed by atoms with Crippen LogP contribution in [0.4, 0.5) is 20.3 Å². The van der Waals surface area contributed by atoms with E-state index in [1.165, 1.54) is 28.6 Å². The predicted octanol–water partition coefficient (Wildman–Crippen LogP) is 2.29. The van der Waals surface area contributed by atoms with Gasteiger partial charge in [-0.3, -0.25) is 4.79 Å². The molecule has 2 N–H and O–H groups in total. The first kappa shape index (κ1) is 25.9. The van der Waals surface area contributed by atoms with E-state index < -0.39 is 21.9 Å². The monoisotopic (exact) mass is 567 g/mol. The molecule has 0 radical (unpaired) electrons. The number of anilines is 2. The summed E-state index contributed by atoms with van der Waals surface area (Å²) in [7, 11) is -3.78. The molecule has 1 aliphatic carbocycles. The van der Waals surface area contributed by atoms with E-state index in [1.807, 2.05) is 0 Å². The Balaban J connectivity index is 1.13. The number of halogens is 3. The van der Waals surface area contributed by atoms with Gasteiger partial charge in [0.25, 0.3) is 5.92 Å². The van der Waals surface area contributed by atoms with Crippen molar-refractivity contribution < 1.29 is 26.7 Å². The smallest absolute Gasteiger partial charge is 0.276 e. The number of hydrogen-bond donors (Lipinski definition) is 1. The zero-order valence-electron chi connectivity index (χ0n) is 20.5. The van der Waals surface area contributed by atoms with Crippen LogP contribution < -0.4 is 15.5 Å². The van der Waals surface area contributed by atoms with Crippen LogP contribution in [0, 0.1) is 17.8 Å². The van der Waals surface area contributed by atoms with Gasteiger partial charge in [-0.15, -0.1) is 0 Å². The minimum Gasteiger partial charge on any atom is -0.381 e. The van der Waals surface area contributed by atoms with Crippen LogP contribution in [0.1, 0.15) is 12.0 Å². The van der Waals surface area contributed by atoms with E-state index in [4.69, 9.17) is 22.1 Å². The Kier molecular flexibility index (Phi) is 6.38. The highest BCUT2D eigenvalue weighted by atomic mass is 35.5. The third-order valence-corrected chi connectivity index (χ3v) is 10.1. The van der Waals surface area contributed by atoms with E-state index >= 15 is 8.78 Å². The fourth-order valence-corrected chi connectivity index (χ4v) is 7.52. The molecule has 4 aliphatic rings. The van der Waals surface area contributed by atoms with Crippen LogP contribution in [0.5, 0.6) is 0 Å². The lowest BCUT2D eigenvalue weighted by Gasteiger charge is -2.35. The van der Waals surface area contributed by atoms with Gasteiger partial charge >= 0.3 is 0 Å². The second-order valence-electron chi connectivity index (χ2n) is 10.4. The second-order valence-corrected chi connectivity index (χ2v) is 12.7. The quantitative estimate of drug-likeness (QED) is 0.534. The van der Waals surface area contributed by atoms with Crippen LogP contribution in [-0.4, -0.2) is 75.6 Å². The summed E-state index contributed by atoms with van der Waals surface area (Å²) in [5.74, 6) is -3.83. The first-order valence-electron chi connectivity index (χ1n) is 12.6. The van der Waals surface area contributed by atoms with Crippen molar-refractivity contribution in [3.05, 3.63) is 47.1 Å². The number of sulfonamides is 1. The summed E-state index contributed by atoms with van der Waals surface area (Å²) < 4.78 is 63.7. The molecule has 3 atom stereocenters. The minimum atomic E-state index is -3.78. The standard InChI is InChI=1S/C25H28ClF2N5O4S/c26-21-9-15(25(27,28)24-19-13-37-14-20(19)24)10-22(30-21)31-5-7-32(8-6-31)38(35,36)18-3-1-17(2-4-18)33-12-16(29)11-23(33)34/h1-4,9-10,16,19-20,24H,5-8,11-14,29H2/t16-,19?,20?,24?/m1/s1. The average Bonchev–Trinajstić information content (AvgIpc) is 3.20. The fraction of sp³-hybridized carbons (Fsp3) is 0.520. The molecule has 1 saturated carbocycles. The number of hydrogen-bond acceptors (Lipinski definition) is 7. The Morgan fingerprint density at radius 2 is 1.71 bits per heavy atom. The molecule has 1 amide bonds. The number of carbonyl (C=O) groups excluding carboxylic acids is 1. The number of pyridine rings is 1. The van der Waals surface area contributed by atoms with Gasteiger partial charge in [0.2, 0.25) is 15.9 Å². The van der Waals surface area contributed by atoms with Gasteiger partial charge < -0.3 is 20.3 Å². The summed E-state index contributed by atoms with van der Waals surface area (Å²) in [6.07, 6.45) is 0.265. The molecule has 9 nitrogen and oxygen atoms in total. The normalized spacial score (nSPS) is 28.2. The zero-order valence-corrected chi connectivity index (χ0v) is 22.0. The van der Waals surface area contributed by atoms with Crippen LogP contribution in [0.25, 0.3) is 0 Å². The van der Waals surface area contributed by atoms with Crippen molar-refractivity contribution in [2.24, 2.45) is 23.5 Å². The summed E-state index contributed by atoms with van der Waals surface area (Å²) in [4.78, 5) is 19.8. The maximum atomic E-state index is 15.3. The van der Waals surface area contributed by atoms with E-state index in [-0.39, 0.29) is 72.0 Å². The van der Waals surface area contributed by atoms with Crippen LogP contribution >= 0.6 is 11.6 Å². The Hall–Kier alpha value is -2.38. The first-order chi connectivity index (χ1) is 18.1. The number of fused-ring (bicyclic) bond motifs is 1. The number of benzene rings is 1. The summed E-state index contributed by atoms with van der Waals surface area (Å²) in [5, 5.41) is -0.0215. The highest BCUT2D eigenvalue weighted by molar-refractivity contribution is 7.89. The number of carbonyl (C=O) groups is 1. The number of ether oxygens (including phenoxy) is 1. The molecule has 6 rings (SSSR count). The molecule has 0 spiro atoms. The number of nitrogens with two attached hydrogens (primary N) is 1. The molecule has 13 heteroatoms. The third kappa shape index (κ3) is 4.45. The number of alkyl halides is 2. The van der Waals surface area contributed by atoms with E-state index in [1.54, 1.807) is 21.9 Å². The molecule has 2 unspecified atom stereocenters. The van der Waals surface area contributed by atoms with Crippen LogP contribution in [0.2, 0.25) is 5.15 Å². The second kappa shape index (κ2) is 9.37. The maximum absolute atomic E-state index is 15.3. The van der Waals surface area contributed by atoms with Gasteiger partial charge in [0.1, 0.15) is 11.0 Å². The van der Waals surface area contributed by atoms with Crippen LogP contribution in [0.15, 0.2) is 41.3 Å². The number of amides is 1. The van der Waals surface area contributed by atoms with E-state index in [0.717, 1.165) is 0 Å². The Labute approximate surface area is 224 Å². The van der Waals surface area contributed by atoms with Crippen LogP contribution in [-0.2, 0) is 25.5 Å². The van der Waals surface area contributed by atoms with Crippen molar-refractivity contribution in [1.82, 2.24) is 9.29 Å². The Bertz CT molecular complexity index is 1340. The molecule has 38 heavy (non-hydrogen) atoms. The molecule has 0 bridgehead atoms. The van der Waals surface area contributed by atoms with Crippen molar-refractivity contribution >= 4 is 39.0 Å². The average molecular weight is 568 g/mol. The molecule has 3 aliphatic heterocycles. The molecule has 204 valence electrons. The number of aromatic nitrogens is 1. The van der Waals surface area contributed by atoms with Crippen molar-refractivity contribution in [3.63, 3.8) is 0 Å². The van der Waals surface area contributed by atoms with Gasteiger partial charge in [-0.05, 0) is 48.2 Å². The lowest BCUT2D eigenvalue weighted by atomic mass is 10.0. The van der Waals surface area contributed by atoms with E-state index in [0.29, 0.717) is 31.3 Å². The van der Waals surface area contributed by atoms with Gasteiger partial charge in [-0.2, -0.15) is 4.31 Å². The van der Waals surface area contributed by atoms with Gasteiger partial charge in [-0.25, -0.2) is 22.2 Å². The molecule has 3 saturated heterocycles. The summed E-state index contributed by atoms with van der Waals surface area (Å²) in [6.45, 7) is 1.99. The van der Waals surface area contributed by atoms with Crippen molar-refractivity contribution in [1.29, 1.82) is 0 Å². The lowest BCUT2D eigenvalue weighted by molar-refractivity contribution is -0.117. The SMILES string of the molecule is N[C@@H]1CC(=O)N(c2ccc(S(=O)(=O)N3CCN(c4cc(C(F)(F)C5C6COCC65)cc(Cl)n4)CC3)cc2)C1. The maximum Gasteiger partial charge on any atom is 0.276 e. The van der Waals surface area contributed by atoms with Gasteiger partial charge in [-0.1, -0.05) is 11.6 Å². The topological polar surface area (TPSA) is 109 Å². The Morgan fingerprint density at radius 3 is 2.32 bits per heavy atom. The summed E-state index contributed by atoms with van der Waals surface area (Å²) >= 11 is 6.15. The van der Waals surface area contributed by atoms with Crippen molar-refractivity contribution in [3.8, 4) is 0 Å². The van der Waals surface area contributed by atoms with Crippen molar-refractivity contribution in [2.75, 3.05) is 55.7 Å². The molecule has 4 heterocycles. The number of piperazine rings is 1. The molecule has 2 aromatic rings. The minimum absolute atomic E-state index is 0.0215. The molecule has 1 aromatic carbocycles. The number of rotatable bonds is 6. The molecular formula is C25H28ClF2N5O4S. The van der Waals surface area contributed by atoms with Crippen LogP contribution in [0.3, 0.4) is 0 Å². The highest BCUT2D eigenvalue weighted by Crippen LogP contribution is 2.61. The third-order valence-electron chi connectivity index (χ3n) is 8.04. The highest BCUT2D eigenvalue weighted by Gasteiger charge is 2.66. The number of nitrogens with zero attached hydrogens (tertiary/aromatic N) is 4. The zero-order chi connectivity index (χ0) is 26.8. The molecular weight excluding hydrogens is 540 g/mol. The predicted molar refractivity (Wildman–Crippen MR) is 137 cm³/mol. The summed E-state index contributed by atoms with van der Waals surface area (Å²) in [5.41, 5.74) is 6.29. The van der Waals surface area contributed by atoms with Gasteiger partial charge in [0, 0.05) is 62.4 Å². The fourth-order valence-electron chi connectivity index (χ4n) is 5.90.